The van der Waals surface area contributed by atoms with Gasteiger partial charge in [-0.05, 0) is 42.3 Å². The molecule has 6 heteroatoms. The van der Waals surface area contributed by atoms with Crippen LogP contribution in [0.15, 0.2) is 36.4 Å². The number of nitrogens with zero attached hydrogens (tertiary/aromatic N) is 1. The van der Waals surface area contributed by atoms with Crippen molar-refractivity contribution in [3.63, 3.8) is 0 Å². The van der Waals surface area contributed by atoms with E-state index in [1.807, 2.05) is 19.1 Å². The van der Waals surface area contributed by atoms with Gasteiger partial charge in [-0.1, -0.05) is 0 Å². The maximum atomic E-state index is 10.6. The molecule has 2 aromatic carbocycles. The van der Waals surface area contributed by atoms with E-state index in [4.69, 9.17) is 14.2 Å². The van der Waals surface area contributed by atoms with Crippen LogP contribution in [0.4, 0.5) is 5.69 Å². The van der Waals surface area contributed by atoms with Crippen molar-refractivity contribution in [1.82, 2.24) is 0 Å². The number of methoxy groups -OCH3 is 2. The number of ether oxygens (including phenoxy) is 3. The van der Waals surface area contributed by atoms with E-state index >= 15 is 0 Å². The van der Waals surface area contributed by atoms with Gasteiger partial charge in [0.1, 0.15) is 12.4 Å². The first-order valence-electron chi connectivity index (χ1n) is 6.64. The third-order valence-electron chi connectivity index (χ3n) is 3.28. The highest BCUT2D eigenvalue weighted by molar-refractivity contribution is 5.47. The first-order valence-corrected chi connectivity index (χ1v) is 6.64. The van der Waals surface area contributed by atoms with E-state index in [-0.39, 0.29) is 5.69 Å². The van der Waals surface area contributed by atoms with E-state index in [1.54, 1.807) is 26.4 Å². The Labute approximate surface area is 128 Å². The Kier molecular flexibility index (Phi) is 4.83. The van der Waals surface area contributed by atoms with Gasteiger partial charge in [-0.25, -0.2) is 0 Å². The highest BCUT2D eigenvalue weighted by Gasteiger charge is 2.10. The molecule has 0 bridgehead atoms. The van der Waals surface area contributed by atoms with Gasteiger partial charge in [0.25, 0.3) is 5.69 Å². The second kappa shape index (κ2) is 6.80. The highest BCUT2D eigenvalue weighted by Crippen LogP contribution is 2.30. The summed E-state index contributed by atoms with van der Waals surface area (Å²) in [6.07, 6.45) is 0. The molecule has 0 heterocycles. The van der Waals surface area contributed by atoms with Gasteiger partial charge in [-0.2, -0.15) is 0 Å². The smallest absolute Gasteiger partial charge is 0.269 e. The fourth-order valence-electron chi connectivity index (χ4n) is 2.00. The van der Waals surface area contributed by atoms with Crippen LogP contribution >= 0.6 is 0 Å². The predicted molar refractivity (Wildman–Crippen MR) is 81.7 cm³/mol. The lowest BCUT2D eigenvalue weighted by Crippen LogP contribution is -2.00. The molecule has 0 saturated carbocycles. The summed E-state index contributed by atoms with van der Waals surface area (Å²) in [4.78, 5) is 10.2. The summed E-state index contributed by atoms with van der Waals surface area (Å²) < 4.78 is 16.2. The third kappa shape index (κ3) is 3.46. The van der Waals surface area contributed by atoms with Crippen molar-refractivity contribution in [2.45, 2.75) is 13.5 Å². The van der Waals surface area contributed by atoms with Crippen LogP contribution in [-0.2, 0) is 6.61 Å². The van der Waals surface area contributed by atoms with Crippen molar-refractivity contribution in [2.24, 2.45) is 0 Å². The molecule has 0 atom stereocenters. The molecule has 6 nitrogen and oxygen atoms in total. The zero-order chi connectivity index (χ0) is 16.1. The van der Waals surface area contributed by atoms with E-state index < -0.39 is 4.92 Å². The van der Waals surface area contributed by atoms with Gasteiger partial charge in [0.2, 0.25) is 0 Å². The lowest BCUT2D eigenvalue weighted by atomic mass is 10.1. The van der Waals surface area contributed by atoms with Gasteiger partial charge in [0.15, 0.2) is 11.5 Å². The molecule has 0 aromatic heterocycles. The number of benzene rings is 2. The van der Waals surface area contributed by atoms with Crippen molar-refractivity contribution in [1.29, 1.82) is 0 Å². The van der Waals surface area contributed by atoms with E-state index in [0.29, 0.717) is 23.9 Å². The summed E-state index contributed by atoms with van der Waals surface area (Å²) in [5, 5.41) is 10.6. The summed E-state index contributed by atoms with van der Waals surface area (Å²) in [5.74, 6) is 1.87. The Hall–Kier alpha value is -2.76. The van der Waals surface area contributed by atoms with Crippen LogP contribution in [0.1, 0.15) is 11.1 Å². The normalized spacial score (nSPS) is 10.1. The summed E-state index contributed by atoms with van der Waals surface area (Å²) in [7, 11) is 3.17. The van der Waals surface area contributed by atoms with Gasteiger partial charge < -0.3 is 14.2 Å². The Morgan fingerprint density at radius 3 is 2.18 bits per heavy atom. The van der Waals surface area contributed by atoms with Gasteiger partial charge >= 0.3 is 0 Å². The second-order valence-electron chi connectivity index (χ2n) is 4.67. The minimum Gasteiger partial charge on any atom is -0.493 e. The summed E-state index contributed by atoms with van der Waals surface area (Å²) >= 11 is 0. The molecular weight excluding hydrogens is 286 g/mol. The molecule has 0 spiro atoms. The zero-order valence-corrected chi connectivity index (χ0v) is 12.7. The standard InChI is InChI=1S/C16H17NO5/c1-11-8-15(20-2)16(21-3)9-12(11)10-22-14-6-4-13(5-7-14)17(18)19/h4-9H,10H2,1-3H3. The lowest BCUT2D eigenvalue weighted by Gasteiger charge is -2.13. The average molecular weight is 303 g/mol. The van der Waals surface area contributed by atoms with Gasteiger partial charge in [-0.15, -0.1) is 0 Å². The van der Waals surface area contributed by atoms with Crippen LogP contribution in [0.25, 0.3) is 0 Å². The SMILES string of the molecule is COc1cc(C)c(COc2ccc([N+](=O)[O-])cc2)cc1OC. The summed E-state index contributed by atoms with van der Waals surface area (Å²) in [6, 6.07) is 9.73. The minimum atomic E-state index is -0.442. The van der Waals surface area contributed by atoms with Gasteiger partial charge in [0, 0.05) is 12.1 Å². The summed E-state index contributed by atoms with van der Waals surface area (Å²) in [5.41, 5.74) is 2.00. The maximum Gasteiger partial charge on any atom is 0.269 e. The van der Waals surface area contributed by atoms with Crippen LogP contribution in [0.3, 0.4) is 0 Å². The molecule has 0 fully saturated rings. The molecule has 116 valence electrons. The first-order chi connectivity index (χ1) is 10.5. The number of aryl methyl sites for hydroxylation is 1. The summed E-state index contributed by atoms with van der Waals surface area (Å²) in [6.45, 7) is 2.29. The molecule has 0 aliphatic rings. The molecule has 0 radical (unpaired) electrons. The topological polar surface area (TPSA) is 70.8 Å². The Morgan fingerprint density at radius 2 is 1.64 bits per heavy atom. The average Bonchev–Trinajstić information content (AvgIpc) is 2.53. The quantitative estimate of drug-likeness (QED) is 0.603. The fraction of sp³-hybridized carbons (Fsp3) is 0.250. The Morgan fingerprint density at radius 1 is 1.05 bits per heavy atom. The molecule has 0 aliphatic carbocycles. The molecule has 22 heavy (non-hydrogen) atoms. The molecule has 0 unspecified atom stereocenters. The Bertz CT molecular complexity index is 667. The largest absolute Gasteiger partial charge is 0.493 e. The van der Waals surface area contributed by atoms with Crippen molar-refractivity contribution in [3.05, 3.63) is 57.6 Å². The first kappa shape index (κ1) is 15.6. The lowest BCUT2D eigenvalue weighted by molar-refractivity contribution is -0.384. The number of nitro benzene ring substituents is 1. The van der Waals surface area contributed by atoms with Crippen molar-refractivity contribution in [3.8, 4) is 17.2 Å². The number of rotatable bonds is 6. The van der Waals surface area contributed by atoms with E-state index in [2.05, 4.69) is 0 Å². The molecule has 0 aliphatic heterocycles. The zero-order valence-electron chi connectivity index (χ0n) is 12.7. The van der Waals surface area contributed by atoms with Gasteiger partial charge in [-0.3, -0.25) is 10.1 Å². The van der Waals surface area contributed by atoms with E-state index in [1.165, 1.54) is 12.1 Å². The van der Waals surface area contributed by atoms with Crippen molar-refractivity contribution < 1.29 is 19.1 Å². The molecule has 2 rings (SSSR count). The molecule has 0 saturated heterocycles. The van der Waals surface area contributed by atoms with Crippen LogP contribution in [0.2, 0.25) is 0 Å². The second-order valence-corrected chi connectivity index (χ2v) is 4.67. The van der Waals surface area contributed by atoms with Gasteiger partial charge in [0.05, 0.1) is 19.1 Å². The van der Waals surface area contributed by atoms with Crippen molar-refractivity contribution >= 4 is 5.69 Å². The van der Waals surface area contributed by atoms with E-state index in [9.17, 15) is 10.1 Å². The van der Waals surface area contributed by atoms with Crippen molar-refractivity contribution in [2.75, 3.05) is 14.2 Å². The number of nitro groups is 1. The van der Waals surface area contributed by atoms with Crippen LogP contribution in [0, 0.1) is 17.0 Å². The molecule has 2 aromatic rings. The van der Waals surface area contributed by atoms with Crippen LogP contribution in [-0.4, -0.2) is 19.1 Å². The number of hydrogen-bond acceptors (Lipinski definition) is 5. The fourth-order valence-corrected chi connectivity index (χ4v) is 2.00. The monoisotopic (exact) mass is 303 g/mol. The highest BCUT2D eigenvalue weighted by atomic mass is 16.6. The van der Waals surface area contributed by atoms with Crippen LogP contribution < -0.4 is 14.2 Å². The van der Waals surface area contributed by atoms with E-state index in [0.717, 1.165) is 11.1 Å². The maximum absolute atomic E-state index is 10.6. The number of non-ortho nitro benzene ring substituents is 1. The Balaban J connectivity index is 2.12. The molecule has 0 N–H and O–H groups in total. The minimum absolute atomic E-state index is 0.0367. The third-order valence-corrected chi connectivity index (χ3v) is 3.28. The number of hydrogen-bond donors (Lipinski definition) is 0. The molecule has 0 amide bonds. The molecular formula is C16H17NO5. The van der Waals surface area contributed by atoms with Crippen LogP contribution in [0.5, 0.6) is 17.2 Å². The predicted octanol–water partition coefficient (Wildman–Crippen LogP) is 3.50.